The molecular weight excluding hydrogens is 440 g/mol. The van der Waals surface area contributed by atoms with Gasteiger partial charge in [-0.15, -0.1) is 0 Å². The van der Waals surface area contributed by atoms with Crippen molar-refractivity contribution in [1.82, 2.24) is 0 Å². The normalized spacial score (nSPS) is 13.7. The van der Waals surface area contributed by atoms with Gasteiger partial charge in [0.05, 0.1) is 5.41 Å². The standard InChI is InChI=1S/C33H30N2O/c1-19-13-25(14-20(2)31(19)34)33(26-15-21(3)32(35)22(4)16-26)27-11-7-8-12-29(27)36-30-18-24-10-6-5-9-23(24)17-28(30)33/h5-18H,34-35H2,1-4H3. The van der Waals surface area contributed by atoms with Crippen LogP contribution in [0, 0.1) is 27.7 Å². The van der Waals surface area contributed by atoms with Gasteiger partial charge in [0.25, 0.3) is 0 Å². The number of hydrogen-bond acceptors (Lipinski definition) is 3. The molecule has 1 aliphatic rings. The molecule has 1 aliphatic heterocycles. The van der Waals surface area contributed by atoms with Crippen LogP contribution in [0.2, 0.25) is 0 Å². The van der Waals surface area contributed by atoms with Crippen LogP contribution in [0.25, 0.3) is 10.8 Å². The van der Waals surface area contributed by atoms with E-state index in [0.717, 1.165) is 61.6 Å². The molecule has 0 saturated heterocycles. The van der Waals surface area contributed by atoms with Crippen LogP contribution in [-0.4, -0.2) is 0 Å². The third kappa shape index (κ3) is 3.06. The van der Waals surface area contributed by atoms with Crippen molar-refractivity contribution in [1.29, 1.82) is 0 Å². The van der Waals surface area contributed by atoms with E-state index in [1.165, 1.54) is 16.5 Å². The fraction of sp³-hybridized carbons (Fsp3) is 0.152. The van der Waals surface area contributed by atoms with Gasteiger partial charge in [0.1, 0.15) is 11.5 Å². The lowest BCUT2D eigenvalue weighted by atomic mass is 9.62. The molecule has 0 radical (unpaired) electrons. The van der Waals surface area contributed by atoms with Gasteiger partial charge in [0.2, 0.25) is 0 Å². The minimum absolute atomic E-state index is 0.610. The van der Waals surface area contributed by atoms with Crippen LogP contribution < -0.4 is 16.2 Å². The number of benzene rings is 5. The minimum atomic E-state index is -0.610. The Morgan fingerprint density at radius 1 is 0.528 bits per heavy atom. The summed E-state index contributed by atoms with van der Waals surface area (Å²) < 4.78 is 6.60. The van der Waals surface area contributed by atoms with Crippen LogP contribution in [0.15, 0.2) is 84.9 Å². The molecule has 0 fully saturated rings. The Bertz CT molecular complexity index is 1580. The van der Waals surface area contributed by atoms with Gasteiger partial charge >= 0.3 is 0 Å². The average Bonchev–Trinajstić information content (AvgIpc) is 2.87. The number of nitrogens with two attached hydrogens (primary N) is 2. The van der Waals surface area contributed by atoms with Crippen molar-refractivity contribution in [3.8, 4) is 11.5 Å². The summed E-state index contributed by atoms with van der Waals surface area (Å²) in [5, 5.41) is 2.33. The maximum atomic E-state index is 6.60. The van der Waals surface area contributed by atoms with E-state index in [4.69, 9.17) is 16.2 Å². The average molecular weight is 471 g/mol. The van der Waals surface area contributed by atoms with E-state index >= 15 is 0 Å². The fourth-order valence-electron chi connectivity index (χ4n) is 5.90. The topological polar surface area (TPSA) is 61.3 Å². The monoisotopic (exact) mass is 470 g/mol. The van der Waals surface area contributed by atoms with E-state index in [1.54, 1.807) is 0 Å². The summed E-state index contributed by atoms with van der Waals surface area (Å²) in [6.07, 6.45) is 0. The molecule has 0 amide bonds. The van der Waals surface area contributed by atoms with E-state index in [9.17, 15) is 0 Å². The summed E-state index contributed by atoms with van der Waals surface area (Å²) in [6, 6.07) is 30.3. The van der Waals surface area contributed by atoms with Crippen LogP contribution in [0.1, 0.15) is 44.5 Å². The summed E-state index contributed by atoms with van der Waals surface area (Å²) in [7, 11) is 0. The first-order valence-electron chi connectivity index (χ1n) is 12.4. The number of fused-ring (bicyclic) bond motifs is 3. The molecule has 3 nitrogen and oxygen atoms in total. The number of rotatable bonds is 2. The Balaban J connectivity index is 1.85. The molecule has 0 atom stereocenters. The van der Waals surface area contributed by atoms with Gasteiger partial charge in [-0.2, -0.15) is 0 Å². The van der Waals surface area contributed by atoms with E-state index in [2.05, 4.69) is 107 Å². The zero-order valence-electron chi connectivity index (χ0n) is 21.1. The lowest BCUT2D eigenvalue weighted by Gasteiger charge is -2.42. The van der Waals surface area contributed by atoms with Gasteiger partial charge in [0.15, 0.2) is 0 Å². The lowest BCUT2D eigenvalue weighted by molar-refractivity contribution is 0.435. The predicted octanol–water partition coefficient (Wildman–Crippen LogP) is 7.73. The number of nitrogen functional groups attached to an aromatic ring is 2. The zero-order valence-corrected chi connectivity index (χ0v) is 21.1. The largest absolute Gasteiger partial charge is 0.457 e. The van der Waals surface area contributed by atoms with Crippen molar-refractivity contribution in [2.75, 3.05) is 11.5 Å². The summed E-state index contributed by atoms with van der Waals surface area (Å²) in [6.45, 7) is 8.36. The molecule has 6 rings (SSSR count). The van der Waals surface area contributed by atoms with Gasteiger partial charge in [-0.3, -0.25) is 0 Å². The molecule has 0 aliphatic carbocycles. The predicted molar refractivity (Wildman–Crippen MR) is 150 cm³/mol. The highest BCUT2D eigenvalue weighted by Gasteiger charge is 2.46. The zero-order chi connectivity index (χ0) is 25.2. The lowest BCUT2D eigenvalue weighted by Crippen LogP contribution is -2.34. The van der Waals surface area contributed by atoms with Gasteiger partial charge in [-0.05, 0) is 90.0 Å². The van der Waals surface area contributed by atoms with E-state index in [1.807, 2.05) is 6.07 Å². The molecule has 0 spiro atoms. The van der Waals surface area contributed by atoms with Gasteiger partial charge in [0, 0.05) is 22.5 Å². The molecule has 1 heterocycles. The summed E-state index contributed by atoms with van der Waals surface area (Å²) in [4.78, 5) is 0. The first kappa shape index (κ1) is 22.2. The Morgan fingerprint density at radius 2 is 1.00 bits per heavy atom. The van der Waals surface area contributed by atoms with E-state index < -0.39 is 5.41 Å². The quantitative estimate of drug-likeness (QED) is 0.255. The second kappa shape index (κ2) is 7.89. The second-order valence-corrected chi connectivity index (χ2v) is 10.1. The Labute approximate surface area is 212 Å². The summed E-state index contributed by atoms with van der Waals surface area (Å²) >= 11 is 0. The van der Waals surface area contributed by atoms with Gasteiger partial charge in [-0.25, -0.2) is 0 Å². The van der Waals surface area contributed by atoms with Crippen LogP contribution in [-0.2, 0) is 5.41 Å². The van der Waals surface area contributed by atoms with Crippen molar-refractivity contribution < 1.29 is 4.74 Å². The van der Waals surface area contributed by atoms with Gasteiger partial charge in [-0.1, -0.05) is 66.7 Å². The fourth-order valence-corrected chi connectivity index (χ4v) is 5.90. The number of para-hydroxylation sites is 1. The van der Waals surface area contributed by atoms with Gasteiger partial charge < -0.3 is 16.2 Å². The highest BCUT2D eigenvalue weighted by molar-refractivity contribution is 5.88. The molecule has 5 aromatic rings. The number of hydrogen-bond donors (Lipinski definition) is 2. The number of ether oxygens (including phenoxy) is 1. The third-order valence-electron chi connectivity index (χ3n) is 7.82. The molecule has 178 valence electrons. The number of aryl methyl sites for hydroxylation is 4. The molecule has 0 saturated carbocycles. The van der Waals surface area contributed by atoms with E-state index in [-0.39, 0.29) is 0 Å². The molecule has 36 heavy (non-hydrogen) atoms. The van der Waals surface area contributed by atoms with E-state index in [0.29, 0.717) is 0 Å². The summed E-state index contributed by atoms with van der Waals surface area (Å²) in [5.74, 6) is 1.73. The molecule has 4 N–H and O–H groups in total. The maximum absolute atomic E-state index is 6.60. The van der Waals surface area contributed by atoms with Crippen LogP contribution in [0.3, 0.4) is 0 Å². The van der Waals surface area contributed by atoms with Crippen molar-refractivity contribution in [3.63, 3.8) is 0 Å². The maximum Gasteiger partial charge on any atom is 0.132 e. The third-order valence-corrected chi connectivity index (χ3v) is 7.82. The van der Waals surface area contributed by atoms with Crippen molar-refractivity contribution in [3.05, 3.63) is 129 Å². The molecule has 0 aromatic heterocycles. The first-order valence-corrected chi connectivity index (χ1v) is 12.4. The Morgan fingerprint density at radius 3 is 1.56 bits per heavy atom. The van der Waals surface area contributed by atoms with Crippen molar-refractivity contribution in [2.45, 2.75) is 33.1 Å². The Kier molecular flexibility index (Phi) is 4.87. The highest BCUT2D eigenvalue weighted by atomic mass is 16.5. The van der Waals surface area contributed by atoms with Crippen molar-refractivity contribution >= 4 is 22.1 Å². The summed E-state index contributed by atoms with van der Waals surface area (Å²) in [5.41, 5.74) is 22.8. The Hall–Kier alpha value is -4.24. The second-order valence-electron chi connectivity index (χ2n) is 10.1. The minimum Gasteiger partial charge on any atom is -0.457 e. The van der Waals surface area contributed by atoms with Crippen LogP contribution >= 0.6 is 0 Å². The SMILES string of the molecule is Cc1cc(C2(c3cc(C)c(N)c(C)c3)c3ccccc3Oc3cc4ccccc4cc32)cc(C)c1N. The highest BCUT2D eigenvalue weighted by Crippen LogP contribution is 2.56. The molecule has 3 heteroatoms. The first-order chi connectivity index (χ1) is 17.3. The smallest absolute Gasteiger partial charge is 0.132 e. The molecule has 5 aromatic carbocycles. The molecular formula is C33H30N2O. The molecule has 0 bridgehead atoms. The van der Waals surface area contributed by atoms with Crippen LogP contribution in [0.5, 0.6) is 11.5 Å². The van der Waals surface area contributed by atoms with Crippen molar-refractivity contribution in [2.24, 2.45) is 0 Å². The molecule has 0 unspecified atom stereocenters. The van der Waals surface area contributed by atoms with Crippen LogP contribution in [0.4, 0.5) is 11.4 Å². The number of anilines is 2.